The number of aromatic nitrogens is 1. The Morgan fingerprint density at radius 1 is 1.04 bits per heavy atom. The van der Waals surface area contributed by atoms with Crippen molar-refractivity contribution in [2.45, 2.75) is 49.9 Å². The smallest absolute Gasteiger partial charge is 0.416 e. The molecular weight excluding hydrogens is 654 g/mol. The minimum atomic E-state index is -4.58. The summed E-state index contributed by atoms with van der Waals surface area (Å²) in [6, 6.07) is 15.8. The van der Waals surface area contributed by atoms with Crippen molar-refractivity contribution >= 4 is 23.4 Å². The number of halogens is 4. The van der Waals surface area contributed by atoms with Crippen molar-refractivity contribution in [3.05, 3.63) is 83.0 Å². The van der Waals surface area contributed by atoms with E-state index in [2.05, 4.69) is 4.98 Å². The van der Waals surface area contributed by atoms with E-state index in [0.717, 1.165) is 12.1 Å². The van der Waals surface area contributed by atoms with Crippen LogP contribution in [0.3, 0.4) is 0 Å². The molecule has 0 radical (unpaired) electrons. The van der Waals surface area contributed by atoms with E-state index in [1.54, 1.807) is 41.3 Å². The van der Waals surface area contributed by atoms with Gasteiger partial charge in [-0.15, -0.1) is 0 Å². The van der Waals surface area contributed by atoms with E-state index in [1.807, 2.05) is 17.9 Å². The zero-order valence-corrected chi connectivity index (χ0v) is 27.9. The van der Waals surface area contributed by atoms with Crippen LogP contribution < -0.4 is 14.5 Å². The van der Waals surface area contributed by atoms with Gasteiger partial charge in [-0.25, -0.2) is 9.37 Å². The highest BCUT2D eigenvalue weighted by Crippen LogP contribution is 2.47. The van der Waals surface area contributed by atoms with Crippen molar-refractivity contribution in [3.63, 3.8) is 0 Å². The summed E-state index contributed by atoms with van der Waals surface area (Å²) in [6.45, 7) is 2.75. The molecule has 9 nitrogen and oxygen atoms in total. The van der Waals surface area contributed by atoms with Gasteiger partial charge >= 0.3 is 12.1 Å². The third kappa shape index (κ3) is 6.67. The van der Waals surface area contributed by atoms with Crippen molar-refractivity contribution in [1.29, 1.82) is 5.26 Å². The van der Waals surface area contributed by atoms with Crippen LogP contribution in [0.2, 0.25) is 0 Å². The molecule has 4 heterocycles. The molecule has 264 valence electrons. The van der Waals surface area contributed by atoms with E-state index in [-0.39, 0.29) is 51.1 Å². The van der Waals surface area contributed by atoms with Crippen LogP contribution in [-0.4, -0.2) is 78.9 Å². The molecule has 0 saturated carbocycles. The summed E-state index contributed by atoms with van der Waals surface area (Å²) in [5, 5.41) is 18.7. The maximum absolute atomic E-state index is 17.7. The van der Waals surface area contributed by atoms with Crippen LogP contribution in [0.15, 0.2) is 60.8 Å². The van der Waals surface area contributed by atoms with E-state index >= 15 is 4.39 Å². The number of ether oxygens (including phenoxy) is 1. The lowest BCUT2D eigenvalue weighted by Crippen LogP contribution is -2.50. The summed E-state index contributed by atoms with van der Waals surface area (Å²) in [5.74, 6) is -2.53. The molecule has 1 amide bonds. The number of carboxylic acids is 1. The first-order valence-electron chi connectivity index (χ1n) is 16.8. The molecule has 0 bridgehead atoms. The fourth-order valence-electron chi connectivity index (χ4n) is 7.79. The van der Waals surface area contributed by atoms with E-state index in [4.69, 9.17) is 4.74 Å². The van der Waals surface area contributed by atoms with Crippen LogP contribution in [0, 0.1) is 23.2 Å². The van der Waals surface area contributed by atoms with E-state index in [1.165, 1.54) is 24.3 Å². The van der Waals surface area contributed by atoms with Crippen molar-refractivity contribution in [3.8, 4) is 11.8 Å². The third-order valence-electron chi connectivity index (χ3n) is 10.6. The van der Waals surface area contributed by atoms with Gasteiger partial charge in [0.05, 0.1) is 30.7 Å². The molecule has 1 aromatic heterocycles. The fraction of sp³-hybridized carbons (Fsp3) is 0.459. The van der Waals surface area contributed by atoms with Gasteiger partial charge in [-0.3, -0.25) is 9.59 Å². The molecule has 2 aromatic carbocycles. The van der Waals surface area contributed by atoms with Gasteiger partial charge in [0.15, 0.2) is 0 Å². The maximum Gasteiger partial charge on any atom is 0.416 e. The second kappa shape index (κ2) is 13.8. The van der Waals surface area contributed by atoms with Crippen LogP contribution in [0.25, 0.3) is 0 Å². The molecule has 0 unspecified atom stereocenters. The van der Waals surface area contributed by atoms with Crippen LogP contribution in [0.4, 0.5) is 29.1 Å². The van der Waals surface area contributed by atoms with Gasteiger partial charge in [0.1, 0.15) is 17.6 Å². The summed E-state index contributed by atoms with van der Waals surface area (Å²) in [4.78, 5) is 35.5. The lowest BCUT2D eigenvalue weighted by Gasteiger charge is -2.35. The Hall–Kier alpha value is -4.86. The number of carboxylic acid groups (broad SMARTS) is 1. The number of alkyl halides is 4. The number of amides is 1. The number of carbonyl (C=O) groups is 2. The predicted octanol–water partition coefficient (Wildman–Crippen LogP) is 6.25. The van der Waals surface area contributed by atoms with Gasteiger partial charge in [0.25, 0.3) is 5.91 Å². The van der Waals surface area contributed by atoms with Gasteiger partial charge in [-0.05, 0) is 66.3 Å². The first kappa shape index (κ1) is 35.0. The van der Waals surface area contributed by atoms with Crippen molar-refractivity contribution < 1.29 is 37.0 Å². The molecule has 50 heavy (non-hydrogen) atoms. The van der Waals surface area contributed by atoms with Crippen molar-refractivity contribution in [2.75, 3.05) is 56.2 Å². The highest BCUT2D eigenvalue weighted by molar-refractivity contribution is 5.89. The zero-order chi connectivity index (χ0) is 35.8. The second-order valence-electron chi connectivity index (χ2n) is 13.4. The number of aliphatic carboxylic acids is 1. The normalized spacial score (nSPS) is 24.3. The number of carbonyl (C=O) groups excluding carboxylic acids is 1. The molecule has 0 aliphatic carbocycles. The molecule has 13 heteroatoms. The van der Waals surface area contributed by atoms with Gasteiger partial charge in [0, 0.05) is 56.4 Å². The molecule has 3 aliphatic rings. The fourth-order valence-corrected chi connectivity index (χ4v) is 7.79. The van der Waals surface area contributed by atoms with Crippen molar-refractivity contribution in [1.82, 2.24) is 9.88 Å². The number of benzene rings is 2. The lowest BCUT2D eigenvalue weighted by molar-refractivity contribution is -0.143. The topological polar surface area (TPSA) is 110 Å². The number of rotatable bonds is 8. The molecule has 3 aliphatic heterocycles. The molecule has 1 N–H and O–H groups in total. The standard InChI is InChI=1S/C37H39F4N5O4/c1-3-24-19-45(20-30(24)29-10-7-27(37(39,40)41)16-32(29)44-14-12-26(13-15-44)34(47)48)35(49)36(38)22-46(33-11-4-23(17-42)18-43-33)21-31(36)25-5-8-28(50-2)9-6-25/h4-11,16,18,24,26,30-31H,3,12-15,19-22H2,1-2H3,(H,47,48)/t24-,30-,31-,36-/m0/s1. The number of piperidine rings is 1. The van der Waals surface area contributed by atoms with Crippen molar-refractivity contribution in [2.24, 2.45) is 11.8 Å². The van der Waals surface area contributed by atoms with E-state index in [0.29, 0.717) is 53.2 Å². The highest BCUT2D eigenvalue weighted by atomic mass is 19.4. The molecular formula is C37H39F4N5O4. The number of hydrogen-bond acceptors (Lipinski definition) is 7. The van der Waals surface area contributed by atoms with Gasteiger partial charge < -0.3 is 24.5 Å². The highest BCUT2D eigenvalue weighted by Gasteiger charge is 2.57. The number of pyridine rings is 1. The Kier molecular flexibility index (Phi) is 9.66. The molecule has 0 spiro atoms. The number of likely N-dealkylation sites (tertiary alicyclic amines) is 1. The Bertz CT molecular complexity index is 1760. The maximum atomic E-state index is 17.7. The Morgan fingerprint density at radius 2 is 1.76 bits per heavy atom. The summed E-state index contributed by atoms with van der Waals surface area (Å²) in [5.41, 5.74) is -1.18. The first-order valence-corrected chi connectivity index (χ1v) is 16.8. The number of anilines is 2. The molecule has 3 aromatic rings. The first-order chi connectivity index (χ1) is 23.9. The number of hydrogen-bond donors (Lipinski definition) is 1. The summed E-state index contributed by atoms with van der Waals surface area (Å²) in [7, 11) is 1.53. The lowest BCUT2D eigenvalue weighted by atomic mass is 9.84. The Balaban J connectivity index is 1.32. The van der Waals surface area contributed by atoms with Gasteiger partial charge in [-0.1, -0.05) is 31.5 Å². The van der Waals surface area contributed by atoms with E-state index in [9.17, 15) is 33.1 Å². The van der Waals surface area contributed by atoms with Crippen LogP contribution in [0.5, 0.6) is 5.75 Å². The van der Waals surface area contributed by atoms with Gasteiger partial charge in [0.2, 0.25) is 5.67 Å². The van der Waals surface area contributed by atoms with Crippen LogP contribution in [-0.2, 0) is 15.8 Å². The Labute approximate surface area is 288 Å². The average Bonchev–Trinajstić information content (AvgIpc) is 3.73. The molecule has 6 rings (SSSR count). The predicted molar refractivity (Wildman–Crippen MR) is 178 cm³/mol. The summed E-state index contributed by atoms with van der Waals surface area (Å²) < 4.78 is 64.7. The van der Waals surface area contributed by atoms with Gasteiger partial charge in [-0.2, -0.15) is 18.4 Å². The van der Waals surface area contributed by atoms with Crippen LogP contribution in [0.1, 0.15) is 60.3 Å². The average molecular weight is 694 g/mol. The third-order valence-corrected chi connectivity index (χ3v) is 10.6. The Morgan fingerprint density at radius 3 is 2.34 bits per heavy atom. The van der Waals surface area contributed by atoms with Crippen LogP contribution >= 0.6 is 0 Å². The molecule has 4 atom stereocenters. The largest absolute Gasteiger partial charge is 0.497 e. The number of nitrogens with zero attached hydrogens (tertiary/aromatic N) is 5. The number of nitriles is 1. The zero-order valence-electron chi connectivity index (χ0n) is 27.9. The molecule has 3 saturated heterocycles. The quantitative estimate of drug-likeness (QED) is 0.276. The second-order valence-corrected chi connectivity index (χ2v) is 13.4. The van der Waals surface area contributed by atoms with E-state index < -0.39 is 41.1 Å². The monoisotopic (exact) mass is 693 g/mol. The summed E-state index contributed by atoms with van der Waals surface area (Å²) >= 11 is 0. The number of methoxy groups -OCH3 is 1. The SMILES string of the molecule is CC[C@H]1CN(C(=O)[C@]2(F)CN(c3ccc(C#N)cn3)C[C@H]2c2ccc(OC)cc2)C[C@@H]1c1ccc(C(F)(F)F)cc1N1CCC(C(=O)O)CC1. The summed E-state index contributed by atoms with van der Waals surface area (Å²) in [6.07, 6.45) is -1.96. The minimum absolute atomic E-state index is 0.122. The minimum Gasteiger partial charge on any atom is -0.497 e. The molecule has 3 fully saturated rings.